The molecule has 3 N–H and O–H groups in total. The van der Waals surface area contributed by atoms with E-state index in [1.54, 1.807) is 0 Å². The second kappa shape index (κ2) is 8.18. The number of aliphatic imine (C=N–C) groups is 1. The standard InChI is InChI=1S/C21H17ClF4N6O2/c1-19(8-27)5-13-15(21(24,25)26)34-9-20(13,32-18(19)28)12-4-11(2-3-14(12)23)31-17(33)16-29-6-10(22)7-30-16/h2-4,6-7,13,15H,5,9H2,1H3,(H2,28,32)(H,31,33)/t13-,15?,19+,20-/m1/s1. The van der Waals surface area contributed by atoms with E-state index in [4.69, 9.17) is 22.1 Å². The molecule has 34 heavy (non-hydrogen) atoms. The van der Waals surface area contributed by atoms with E-state index in [0.29, 0.717) is 0 Å². The Bertz CT molecular complexity index is 1220. The Morgan fingerprint density at radius 2 is 2.03 bits per heavy atom. The normalized spacial score (nSPS) is 28.6. The molecule has 8 nitrogen and oxygen atoms in total. The number of alkyl halides is 3. The van der Waals surface area contributed by atoms with E-state index in [-0.39, 0.29) is 34.4 Å². The van der Waals surface area contributed by atoms with Gasteiger partial charge in [0.05, 0.1) is 17.7 Å². The lowest BCUT2D eigenvalue weighted by Crippen LogP contribution is -2.51. The summed E-state index contributed by atoms with van der Waals surface area (Å²) in [5.74, 6) is -3.49. The number of benzene rings is 1. The molecule has 3 heterocycles. The summed E-state index contributed by atoms with van der Waals surface area (Å²) in [5.41, 5.74) is 2.47. The molecule has 0 spiro atoms. The van der Waals surface area contributed by atoms with Crippen LogP contribution in [0, 0.1) is 28.5 Å². The molecule has 13 heteroatoms. The Hall–Kier alpha value is -3.30. The van der Waals surface area contributed by atoms with E-state index in [0.717, 1.165) is 6.07 Å². The molecule has 178 valence electrons. The SMILES string of the molecule is C[C@@]1(C#N)C[C@@H]2C(C(F)(F)F)OC[C@]2(c2cc(NC(=O)c3ncc(Cl)cn3)ccc2F)N=C1N. The molecular weight excluding hydrogens is 480 g/mol. The second-order valence-electron chi connectivity index (χ2n) is 8.32. The zero-order valence-electron chi connectivity index (χ0n) is 17.5. The molecule has 1 saturated heterocycles. The van der Waals surface area contributed by atoms with Gasteiger partial charge in [-0.1, -0.05) is 11.6 Å². The number of nitrogens with two attached hydrogens (primary N) is 1. The average Bonchev–Trinajstić information content (AvgIpc) is 3.14. The van der Waals surface area contributed by atoms with Crippen molar-refractivity contribution in [2.45, 2.75) is 31.2 Å². The number of amidine groups is 1. The summed E-state index contributed by atoms with van der Waals surface area (Å²) in [6, 6.07) is 5.29. The number of fused-ring (bicyclic) bond motifs is 1. The first-order chi connectivity index (χ1) is 15.9. The lowest BCUT2D eigenvalue weighted by atomic mass is 9.66. The van der Waals surface area contributed by atoms with Gasteiger partial charge < -0.3 is 15.8 Å². The molecule has 1 aromatic heterocycles. The van der Waals surface area contributed by atoms with Crippen LogP contribution in [0.4, 0.5) is 23.2 Å². The number of rotatable bonds is 3. The van der Waals surface area contributed by atoms with Crippen LogP contribution in [0.2, 0.25) is 5.02 Å². The van der Waals surface area contributed by atoms with Crippen LogP contribution in [-0.2, 0) is 10.3 Å². The van der Waals surface area contributed by atoms with Crippen LogP contribution in [0.25, 0.3) is 0 Å². The van der Waals surface area contributed by atoms with E-state index >= 15 is 4.39 Å². The van der Waals surface area contributed by atoms with E-state index in [2.05, 4.69) is 20.3 Å². The minimum atomic E-state index is -4.78. The number of aromatic nitrogens is 2. The summed E-state index contributed by atoms with van der Waals surface area (Å²) < 4.78 is 61.5. The van der Waals surface area contributed by atoms with Gasteiger partial charge in [-0.05, 0) is 31.5 Å². The van der Waals surface area contributed by atoms with Gasteiger partial charge in [0.1, 0.15) is 22.6 Å². The van der Waals surface area contributed by atoms with E-state index in [9.17, 15) is 23.2 Å². The number of anilines is 1. The third kappa shape index (κ3) is 3.95. The van der Waals surface area contributed by atoms with Crippen molar-refractivity contribution in [1.29, 1.82) is 5.26 Å². The number of carbonyl (C=O) groups excluding carboxylic acids is 1. The van der Waals surface area contributed by atoms with Crippen molar-refractivity contribution in [2.75, 3.05) is 11.9 Å². The lowest BCUT2D eigenvalue weighted by molar-refractivity contribution is -0.218. The van der Waals surface area contributed by atoms with Crippen LogP contribution in [0.3, 0.4) is 0 Å². The van der Waals surface area contributed by atoms with Crippen molar-refractivity contribution in [2.24, 2.45) is 22.1 Å². The van der Waals surface area contributed by atoms with Crippen LogP contribution >= 0.6 is 11.6 Å². The first-order valence-corrected chi connectivity index (χ1v) is 10.3. The zero-order valence-corrected chi connectivity index (χ0v) is 18.3. The fourth-order valence-corrected chi connectivity index (χ4v) is 4.38. The number of nitrogens with zero attached hydrogens (tertiary/aromatic N) is 4. The highest BCUT2D eigenvalue weighted by atomic mass is 35.5. The summed E-state index contributed by atoms with van der Waals surface area (Å²) in [4.78, 5) is 24.3. The van der Waals surface area contributed by atoms with Gasteiger partial charge in [-0.25, -0.2) is 14.4 Å². The summed E-state index contributed by atoms with van der Waals surface area (Å²) >= 11 is 5.70. The van der Waals surface area contributed by atoms with Crippen molar-refractivity contribution >= 4 is 29.0 Å². The van der Waals surface area contributed by atoms with Crippen LogP contribution in [0.5, 0.6) is 0 Å². The number of amides is 1. The molecule has 2 aliphatic heterocycles. The topological polar surface area (TPSA) is 126 Å². The number of nitriles is 1. The smallest absolute Gasteiger partial charge is 0.386 e. The Morgan fingerprint density at radius 1 is 1.35 bits per heavy atom. The molecule has 1 amide bonds. The average molecular weight is 497 g/mol. The summed E-state index contributed by atoms with van der Waals surface area (Å²) in [6.45, 7) is 0.763. The molecule has 1 fully saturated rings. The number of ether oxygens (including phenoxy) is 1. The van der Waals surface area contributed by atoms with Gasteiger partial charge in [0.15, 0.2) is 6.10 Å². The third-order valence-corrected chi connectivity index (χ3v) is 6.25. The first-order valence-electron chi connectivity index (χ1n) is 9.94. The van der Waals surface area contributed by atoms with Crippen molar-refractivity contribution in [3.63, 3.8) is 0 Å². The number of carbonyl (C=O) groups is 1. The molecule has 2 aliphatic rings. The Kier molecular flexibility index (Phi) is 5.73. The second-order valence-corrected chi connectivity index (χ2v) is 8.76. The zero-order chi connectivity index (χ0) is 24.9. The summed E-state index contributed by atoms with van der Waals surface area (Å²) in [5, 5.41) is 12.2. The van der Waals surface area contributed by atoms with Gasteiger partial charge in [0.25, 0.3) is 5.91 Å². The highest BCUT2D eigenvalue weighted by molar-refractivity contribution is 6.30. The number of hydrogen-bond donors (Lipinski definition) is 2. The van der Waals surface area contributed by atoms with Gasteiger partial charge in [-0.3, -0.25) is 9.79 Å². The quantitative estimate of drug-likeness (QED) is 0.625. The minimum Gasteiger partial charge on any atom is -0.386 e. The fourth-order valence-electron chi connectivity index (χ4n) is 4.28. The Morgan fingerprint density at radius 3 is 2.65 bits per heavy atom. The largest absolute Gasteiger partial charge is 0.415 e. The summed E-state index contributed by atoms with van der Waals surface area (Å²) in [7, 11) is 0. The van der Waals surface area contributed by atoms with Crippen LogP contribution in [0.15, 0.2) is 35.6 Å². The maximum Gasteiger partial charge on any atom is 0.415 e. The number of nitrogens with one attached hydrogen (secondary N) is 1. The molecule has 2 aromatic rings. The van der Waals surface area contributed by atoms with E-state index < -0.39 is 47.5 Å². The molecule has 0 bridgehead atoms. The van der Waals surface area contributed by atoms with Crippen LogP contribution < -0.4 is 11.1 Å². The van der Waals surface area contributed by atoms with E-state index in [1.807, 2.05) is 6.07 Å². The molecule has 0 radical (unpaired) electrons. The molecule has 4 atom stereocenters. The molecule has 0 saturated carbocycles. The summed E-state index contributed by atoms with van der Waals surface area (Å²) in [6.07, 6.45) is -4.99. The van der Waals surface area contributed by atoms with Crippen molar-refractivity contribution < 1.29 is 27.1 Å². The van der Waals surface area contributed by atoms with Gasteiger partial charge in [0, 0.05) is 29.6 Å². The van der Waals surface area contributed by atoms with Crippen molar-refractivity contribution in [3.05, 3.63) is 52.8 Å². The van der Waals surface area contributed by atoms with Crippen molar-refractivity contribution in [3.8, 4) is 6.07 Å². The predicted octanol–water partition coefficient (Wildman–Crippen LogP) is 3.58. The van der Waals surface area contributed by atoms with Crippen molar-refractivity contribution in [1.82, 2.24) is 9.97 Å². The van der Waals surface area contributed by atoms with Gasteiger partial charge in [-0.2, -0.15) is 18.4 Å². The Labute approximate surface area is 195 Å². The maximum atomic E-state index is 15.1. The number of hydrogen-bond acceptors (Lipinski definition) is 7. The molecule has 1 unspecified atom stereocenters. The number of halogens is 5. The van der Waals surface area contributed by atoms with Gasteiger partial charge in [0.2, 0.25) is 5.82 Å². The maximum absolute atomic E-state index is 15.1. The first kappa shape index (κ1) is 23.8. The lowest BCUT2D eigenvalue weighted by Gasteiger charge is -2.42. The van der Waals surface area contributed by atoms with E-state index in [1.165, 1.54) is 31.5 Å². The molecule has 0 aliphatic carbocycles. The molecule has 1 aromatic carbocycles. The third-order valence-electron chi connectivity index (χ3n) is 6.06. The van der Waals surface area contributed by atoms with Gasteiger partial charge >= 0.3 is 6.18 Å². The predicted molar refractivity (Wildman–Crippen MR) is 112 cm³/mol. The fraction of sp³-hybridized carbons (Fsp3) is 0.381. The molecular formula is C21H17ClF4N6O2. The van der Waals surface area contributed by atoms with Crippen LogP contribution in [0.1, 0.15) is 29.5 Å². The Balaban J connectivity index is 1.78. The highest BCUT2D eigenvalue weighted by Crippen LogP contribution is 2.55. The van der Waals surface area contributed by atoms with Crippen LogP contribution in [-0.4, -0.2) is 40.6 Å². The highest BCUT2D eigenvalue weighted by Gasteiger charge is 2.64. The molecule has 4 rings (SSSR count). The van der Waals surface area contributed by atoms with Gasteiger partial charge in [-0.15, -0.1) is 0 Å². The monoisotopic (exact) mass is 496 g/mol. The minimum absolute atomic E-state index is 0.0610.